The first-order valence-corrected chi connectivity index (χ1v) is 11.9. The van der Waals surface area contributed by atoms with Gasteiger partial charge in [-0.1, -0.05) is 30.3 Å². The molecule has 178 valence electrons. The number of benzene rings is 2. The smallest absolute Gasteiger partial charge is 0.320 e. The highest BCUT2D eigenvalue weighted by Crippen LogP contribution is 2.33. The van der Waals surface area contributed by atoms with Gasteiger partial charge in [-0.3, -0.25) is 9.78 Å². The molecule has 1 saturated carbocycles. The van der Waals surface area contributed by atoms with E-state index < -0.39 is 12.0 Å². The lowest BCUT2D eigenvalue weighted by molar-refractivity contribution is -0.138. The van der Waals surface area contributed by atoms with E-state index in [1.807, 2.05) is 42.7 Å². The summed E-state index contributed by atoms with van der Waals surface area (Å²) in [5.74, 6) is 0.628. The van der Waals surface area contributed by atoms with E-state index in [4.69, 9.17) is 20.3 Å². The van der Waals surface area contributed by atoms with Gasteiger partial charge in [-0.05, 0) is 85.4 Å². The highest BCUT2D eigenvalue weighted by atomic mass is 16.5. The molecule has 1 aromatic heterocycles. The molecule has 6 heteroatoms. The molecule has 1 heterocycles. The van der Waals surface area contributed by atoms with E-state index in [9.17, 15) is 4.79 Å². The van der Waals surface area contributed by atoms with Crippen molar-refractivity contribution in [1.29, 1.82) is 0 Å². The molecule has 0 amide bonds. The zero-order valence-corrected chi connectivity index (χ0v) is 19.6. The number of hydrogen-bond donors (Lipinski definition) is 2. The topological polar surface area (TPSA) is 94.7 Å². The van der Waals surface area contributed by atoms with Crippen molar-refractivity contribution in [3.63, 3.8) is 0 Å². The second kappa shape index (κ2) is 11.2. The average molecular weight is 461 g/mol. The van der Waals surface area contributed by atoms with Crippen molar-refractivity contribution in [3.05, 3.63) is 77.6 Å². The molecule has 0 radical (unpaired) electrons. The van der Waals surface area contributed by atoms with Crippen LogP contribution in [0.5, 0.6) is 11.5 Å². The van der Waals surface area contributed by atoms with Crippen LogP contribution in [0.15, 0.2) is 60.9 Å². The largest absolute Gasteiger partial charge is 0.493 e. The molecule has 0 saturated heterocycles. The van der Waals surface area contributed by atoms with Crippen LogP contribution >= 0.6 is 0 Å². The molecule has 0 aliphatic heterocycles. The molecule has 1 fully saturated rings. The first-order valence-electron chi connectivity index (χ1n) is 11.9. The van der Waals surface area contributed by atoms with Crippen molar-refractivity contribution in [2.75, 3.05) is 7.11 Å². The minimum atomic E-state index is -0.991. The van der Waals surface area contributed by atoms with Crippen LogP contribution in [0.1, 0.15) is 42.4 Å². The number of aliphatic carboxylic acids is 1. The Hall–Kier alpha value is -3.38. The minimum absolute atomic E-state index is 0.288. The van der Waals surface area contributed by atoms with Crippen LogP contribution < -0.4 is 15.2 Å². The molecular formula is C28H32N2O4. The van der Waals surface area contributed by atoms with E-state index in [2.05, 4.69) is 23.2 Å². The fraction of sp³-hybridized carbons (Fsp3) is 0.357. The van der Waals surface area contributed by atoms with Gasteiger partial charge in [0.25, 0.3) is 0 Å². The van der Waals surface area contributed by atoms with Gasteiger partial charge < -0.3 is 20.3 Å². The van der Waals surface area contributed by atoms with E-state index in [0.717, 1.165) is 59.4 Å². The molecule has 1 atom stereocenters. The van der Waals surface area contributed by atoms with Gasteiger partial charge in [0.2, 0.25) is 0 Å². The van der Waals surface area contributed by atoms with Crippen LogP contribution in [0.25, 0.3) is 11.1 Å². The number of carbonyl (C=O) groups is 1. The van der Waals surface area contributed by atoms with Crippen molar-refractivity contribution in [2.24, 2.45) is 5.73 Å². The van der Waals surface area contributed by atoms with Gasteiger partial charge in [-0.15, -0.1) is 0 Å². The van der Waals surface area contributed by atoms with Crippen LogP contribution in [0.2, 0.25) is 0 Å². The Balaban J connectivity index is 1.41. The van der Waals surface area contributed by atoms with Gasteiger partial charge in [0.1, 0.15) is 6.04 Å². The molecule has 34 heavy (non-hydrogen) atoms. The zero-order valence-electron chi connectivity index (χ0n) is 19.6. The average Bonchev–Trinajstić information content (AvgIpc) is 3.36. The SMILES string of the molecule is COc1ccc(CCc2cncc(-c3ccc(C[C@H](N)C(=O)O)cc3)c2)cc1OC1CCCC1. The van der Waals surface area contributed by atoms with Crippen LogP contribution in [-0.4, -0.2) is 35.3 Å². The van der Waals surface area contributed by atoms with Gasteiger partial charge in [-0.2, -0.15) is 0 Å². The summed E-state index contributed by atoms with van der Waals surface area (Å²) < 4.78 is 11.7. The number of hydrogen-bond acceptors (Lipinski definition) is 5. The van der Waals surface area contributed by atoms with E-state index in [1.54, 1.807) is 7.11 Å². The summed E-state index contributed by atoms with van der Waals surface area (Å²) in [6, 6.07) is 15.3. The number of nitrogens with zero attached hydrogens (tertiary/aromatic N) is 1. The van der Waals surface area contributed by atoms with E-state index in [-0.39, 0.29) is 6.10 Å². The number of carboxylic acids is 1. The van der Waals surface area contributed by atoms with Gasteiger partial charge in [0.05, 0.1) is 13.2 Å². The van der Waals surface area contributed by atoms with E-state index in [0.29, 0.717) is 6.42 Å². The van der Waals surface area contributed by atoms with Crippen LogP contribution in [0.3, 0.4) is 0 Å². The third-order valence-corrected chi connectivity index (χ3v) is 6.38. The predicted octanol–water partition coefficient (Wildman–Crippen LogP) is 4.82. The van der Waals surface area contributed by atoms with Crippen LogP contribution in [-0.2, 0) is 24.1 Å². The Morgan fingerprint density at radius 2 is 1.68 bits per heavy atom. The Morgan fingerprint density at radius 3 is 2.38 bits per heavy atom. The number of methoxy groups -OCH3 is 1. The lowest BCUT2D eigenvalue weighted by atomic mass is 9.99. The van der Waals surface area contributed by atoms with Crippen molar-refractivity contribution >= 4 is 5.97 Å². The summed E-state index contributed by atoms with van der Waals surface area (Å²) >= 11 is 0. The summed E-state index contributed by atoms with van der Waals surface area (Å²) in [5, 5.41) is 9.00. The van der Waals surface area contributed by atoms with E-state index in [1.165, 1.54) is 18.4 Å². The summed E-state index contributed by atoms with van der Waals surface area (Å²) in [6.07, 6.45) is 10.8. The Bertz CT molecular complexity index is 1110. The summed E-state index contributed by atoms with van der Waals surface area (Å²) in [6.45, 7) is 0. The quantitative estimate of drug-likeness (QED) is 0.451. The minimum Gasteiger partial charge on any atom is -0.493 e. The lowest BCUT2D eigenvalue weighted by Crippen LogP contribution is -2.32. The Kier molecular flexibility index (Phi) is 7.80. The molecule has 3 N–H and O–H groups in total. The third-order valence-electron chi connectivity index (χ3n) is 6.38. The summed E-state index contributed by atoms with van der Waals surface area (Å²) in [4.78, 5) is 15.4. The highest BCUT2D eigenvalue weighted by Gasteiger charge is 2.18. The Labute approximate surface area is 200 Å². The third kappa shape index (κ3) is 6.14. The Morgan fingerprint density at radius 1 is 0.971 bits per heavy atom. The molecule has 4 rings (SSSR count). The number of carboxylic acid groups (broad SMARTS) is 1. The number of aryl methyl sites for hydroxylation is 2. The van der Waals surface area contributed by atoms with Crippen molar-refractivity contribution in [3.8, 4) is 22.6 Å². The van der Waals surface area contributed by atoms with Gasteiger partial charge >= 0.3 is 5.97 Å². The molecule has 0 bridgehead atoms. The fourth-order valence-corrected chi connectivity index (χ4v) is 4.40. The maximum Gasteiger partial charge on any atom is 0.320 e. The van der Waals surface area contributed by atoms with Crippen molar-refractivity contribution in [1.82, 2.24) is 4.98 Å². The van der Waals surface area contributed by atoms with Crippen LogP contribution in [0, 0.1) is 0 Å². The predicted molar refractivity (Wildman–Crippen MR) is 132 cm³/mol. The number of pyridine rings is 1. The summed E-state index contributed by atoms with van der Waals surface area (Å²) in [5.41, 5.74) is 11.0. The number of rotatable bonds is 10. The number of nitrogens with two attached hydrogens (primary N) is 1. The monoisotopic (exact) mass is 460 g/mol. The lowest BCUT2D eigenvalue weighted by Gasteiger charge is -2.17. The second-order valence-corrected chi connectivity index (χ2v) is 8.94. The van der Waals surface area contributed by atoms with Crippen LogP contribution in [0.4, 0.5) is 0 Å². The molecule has 0 unspecified atom stereocenters. The normalized spacial score (nSPS) is 14.6. The fourth-order valence-electron chi connectivity index (χ4n) is 4.40. The maximum atomic E-state index is 11.0. The molecule has 3 aromatic rings. The molecular weight excluding hydrogens is 428 g/mol. The highest BCUT2D eigenvalue weighted by molar-refractivity contribution is 5.73. The zero-order chi connectivity index (χ0) is 23.9. The first kappa shape index (κ1) is 23.8. The molecule has 6 nitrogen and oxygen atoms in total. The van der Waals surface area contributed by atoms with Crippen molar-refractivity contribution in [2.45, 2.75) is 57.1 Å². The van der Waals surface area contributed by atoms with Crippen molar-refractivity contribution < 1.29 is 19.4 Å². The number of aromatic nitrogens is 1. The second-order valence-electron chi connectivity index (χ2n) is 8.94. The van der Waals surface area contributed by atoms with Gasteiger partial charge in [0.15, 0.2) is 11.5 Å². The first-order chi connectivity index (χ1) is 16.5. The van der Waals surface area contributed by atoms with Gasteiger partial charge in [-0.25, -0.2) is 0 Å². The van der Waals surface area contributed by atoms with Gasteiger partial charge in [0, 0.05) is 18.0 Å². The standard InChI is InChI=1S/C28H32N2O4/c1-33-26-13-10-20(16-27(26)34-24-4-2-3-5-24)6-7-21-14-23(18-30-17-21)22-11-8-19(9-12-22)15-25(29)28(31)32/h8-14,16-18,24-25H,2-7,15,29H2,1H3,(H,31,32)/t25-/m0/s1. The maximum absolute atomic E-state index is 11.0. The summed E-state index contributed by atoms with van der Waals surface area (Å²) in [7, 11) is 1.68. The molecule has 1 aliphatic rings. The molecule has 0 spiro atoms. The number of ether oxygens (including phenoxy) is 2. The molecule has 2 aromatic carbocycles. The molecule has 1 aliphatic carbocycles. The van der Waals surface area contributed by atoms with E-state index >= 15 is 0 Å².